The number of aryl methyl sites for hydroxylation is 1. The fourth-order valence-electron chi connectivity index (χ4n) is 4.98. The van der Waals surface area contributed by atoms with E-state index in [1.165, 1.54) is 0 Å². The van der Waals surface area contributed by atoms with Gasteiger partial charge in [0.25, 0.3) is 0 Å². The molecule has 200 valence electrons. The third kappa shape index (κ3) is 4.83. The van der Waals surface area contributed by atoms with E-state index in [1.54, 1.807) is 0 Å². The van der Waals surface area contributed by atoms with Gasteiger partial charge in [0.2, 0.25) is 5.91 Å². The number of likely N-dealkylation sites (N-methyl/N-ethyl adjacent to an activating group) is 1. The lowest BCUT2D eigenvalue weighted by atomic mass is 10.0. The molecule has 1 aromatic carbocycles. The third-order valence-electron chi connectivity index (χ3n) is 7.39. The summed E-state index contributed by atoms with van der Waals surface area (Å²) in [4.78, 5) is 34.6. The number of benzene rings is 1. The smallest absolute Gasteiger partial charge is 0.226 e. The first kappa shape index (κ1) is 25.0. The SMILES string of the molecule is CCc1cc(NC(=O)C(C)C)cc(-c2cnc3n[nH]c(-c4nc5c(N6CCN(C)CC6)cncc5[nH]4)c3c2)c1. The van der Waals surface area contributed by atoms with Crippen molar-refractivity contribution in [1.82, 2.24) is 35.0 Å². The molecule has 3 N–H and O–H groups in total. The standard InChI is InChI=1S/C29H33N9O/c1-5-18-10-19(12-21(11-18)32-29(39)17(2)3)20-13-22-25(35-36-27(22)31-14-20)28-33-23-15-30-16-24(26(23)34-28)38-8-6-37(4)7-9-38/h10-17H,5-9H2,1-4H3,(H,32,39)(H,33,34)(H,31,35,36). The summed E-state index contributed by atoms with van der Waals surface area (Å²) in [6.07, 6.45) is 6.40. The first-order chi connectivity index (χ1) is 18.9. The number of imidazole rings is 1. The van der Waals surface area contributed by atoms with E-state index in [4.69, 9.17) is 4.98 Å². The summed E-state index contributed by atoms with van der Waals surface area (Å²) in [7, 11) is 2.15. The first-order valence-electron chi connectivity index (χ1n) is 13.5. The Morgan fingerprint density at radius 3 is 2.64 bits per heavy atom. The van der Waals surface area contributed by atoms with Gasteiger partial charge in [0.15, 0.2) is 11.5 Å². The zero-order valence-electron chi connectivity index (χ0n) is 22.7. The summed E-state index contributed by atoms with van der Waals surface area (Å²) in [6, 6.07) is 8.25. The molecule has 0 spiro atoms. The number of hydrogen-bond acceptors (Lipinski definition) is 7. The van der Waals surface area contributed by atoms with Crippen molar-refractivity contribution in [2.45, 2.75) is 27.2 Å². The molecule has 1 saturated heterocycles. The van der Waals surface area contributed by atoms with Crippen molar-refractivity contribution in [2.24, 2.45) is 5.92 Å². The summed E-state index contributed by atoms with van der Waals surface area (Å²) in [5, 5.41) is 11.5. The second-order valence-corrected chi connectivity index (χ2v) is 10.5. The van der Waals surface area contributed by atoms with E-state index in [-0.39, 0.29) is 11.8 Å². The number of nitrogens with zero attached hydrogens (tertiary/aromatic N) is 6. The maximum atomic E-state index is 12.4. The lowest BCUT2D eigenvalue weighted by Gasteiger charge is -2.33. The number of aromatic amines is 2. The Labute approximate surface area is 226 Å². The van der Waals surface area contributed by atoms with Crippen LogP contribution in [0.4, 0.5) is 11.4 Å². The van der Waals surface area contributed by atoms with Gasteiger partial charge in [0.1, 0.15) is 11.2 Å². The van der Waals surface area contributed by atoms with E-state index < -0.39 is 0 Å². The van der Waals surface area contributed by atoms with Gasteiger partial charge in [0, 0.05) is 49.5 Å². The maximum absolute atomic E-state index is 12.4. The lowest BCUT2D eigenvalue weighted by molar-refractivity contribution is -0.118. The average Bonchev–Trinajstić information content (AvgIpc) is 3.57. The molecule has 10 nitrogen and oxygen atoms in total. The minimum Gasteiger partial charge on any atom is -0.366 e. The Hall–Kier alpha value is -4.31. The number of carbonyl (C=O) groups is 1. The number of rotatable bonds is 6. The molecule has 0 radical (unpaired) electrons. The van der Waals surface area contributed by atoms with Crippen LogP contribution in [-0.4, -0.2) is 74.2 Å². The topological polar surface area (TPSA) is 119 Å². The number of nitrogens with one attached hydrogen (secondary N) is 3. The predicted octanol–water partition coefficient (Wildman–Crippen LogP) is 4.47. The quantitative estimate of drug-likeness (QED) is 0.300. The number of piperazine rings is 1. The molecule has 4 aromatic heterocycles. The summed E-state index contributed by atoms with van der Waals surface area (Å²) in [5.41, 5.74) is 8.08. The molecule has 0 aliphatic carbocycles. The number of pyridine rings is 2. The molecule has 1 fully saturated rings. The van der Waals surface area contributed by atoms with Gasteiger partial charge in [-0.15, -0.1) is 0 Å². The van der Waals surface area contributed by atoms with Gasteiger partial charge in [-0.25, -0.2) is 9.97 Å². The first-order valence-corrected chi connectivity index (χ1v) is 13.5. The molecular weight excluding hydrogens is 490 g/mol. The number of hydrogen-bond donors (Lipinski definition) is 3. The van der Waals surface area contributed by atoms with Gasteiger partial charge in [-0.1, -0.05) is 26.8 Å². The average molecular weight is 524 g/mol. The van der Waals surface area contributed by atoms with Crippen LogP contribution in [0, 0.1) is 5.92 Å². The highest BCUT2D eigenvalue weighted by atomic mass is 16.1. The Balaban J connectivity index is 1.39. The highest BCUT2D eigenvalue weighted by Crippen LogP contribution is 2.33. The van der Waals surface area contributed by atoms with Crippen LogP contribution in [0.3, 0.4) is 0 Å². The number of fused-ring (bicyclic) bond motifs is 2. The number of amides is 1. The molecule has 0 atom stereocenters. The highest BCUT2D eigenvalue weighted by molar-refractivity contribution is 5.96. The van der Waals surface area contributed by atoms with Crippen LogP contribution in [-0.2, 0) is 11.2 Å². The normalized spacial score (nSPS) is 14.5. The number of carbonyl (C=O) groups excluding carboxylic acids is 1. The lowest BCUT2D eigenvalue weighted by Crippen LogP contribution is -2.44. The molecule has 10 heteroatoms. The Morgan fingerprint density at radius 2 is 1.87 bits per heavy atom. The zero-order chi connectivity index (χ0) is 27.1. The van der Waals surface area contributed by atoms with E-state index in [2.05, 4.69) is 66.4 Å². The predicted molar refractivity (Wildman–Crippen MR) is 155 cm³/mol. The van der Waals surface area contributed by atoms with Crippen LogP contribution in [0.1, 0.15) is 26.3 Å². The molecular formula is C29H33N9O. The van der Waals surface area contributed by atoms with Crippen molar-refractivity contribution < 1.29 is 4.79 Å². The van der Waals surface area contributed by atoms with E-state index in [0.29, 0.717) is 11.5 Å². The molecule has 0 saturated carbocycles. The summed E-state index contributed by atoms with van der Waals surface area (Å²) in [6.45, 7) is 9.79. The van der Waals surface area contributed by atoms with Gasteiger partial charge >= 0.3 is 0 Å². The molecule has 1 amide bonds. The minimum absolute atomic E-state index is 0.00443. The van der Waals surface area contributed by atoms with Crippen LogP contribution >= 0.6 is 0 Å². The van der Waals surface area contributed by atoms with E-state index in [1.807, 2.05) is 44.6 Å². The molecule has 1 aliphatic rings. The molecule has 1 aliphatic heterocycles. The van der Waals surface area contributed by atoms with Crippen LogP contribution < -0.4 is 10.2 Å². The van der Waals surface area contributed by atoms with E-state index in [0.717, 1.165) is 82.8 Å². The van der Waals surface area contributed by atoms with E-state index in [9.17, 15) is 4.79 Å². The van der Waals surface area contributed by atoms with Gasteiger partial charge in [-0.2, -0.15) is 5.10 Å². The largest absolute Gasteiger partial charge is 0.366 e. The van der Waals surface area contributed by atoms with Crippen LogP contribution in [0.5, 0.6) is 0 Å². The summed E-state index contributed by atoms with van der Waals surface area (Å²) in [5.74, 6) is 0.596. The number of anilines is 2. The zero-order valence-corrected chi connectivity index (χ0v) is 22.7. The summed E-state index contributed by atoms with van der Waals surface area (Å²) >= 11 is 0. The monoisotopic (exact) mass is 523 g/mol. The van der Waals surface area contributed by atoms with Gasteiger partial charge in [-0.05, 0) is 42.8 Å². The number of H-pyrrole nitrogens is 2. The van der Waals surface area contributed by atoms with Crippen molar-refractivity contribution in [2.75, 3.05) is 43.4 Å². The molecule has 39 heavy (non-hydrogen) atoms. The fourth-order valence-corrected chi connectivity index (χ4v) is 4.98. The molecule has 5 aromatic rings. The van der Waals surface area contributed by atoms with Crippen molar-refractivity contribution in [3.8, 4) is 22.6 Å². The van der Waals surface area contributed by atoms with Crippen LogP contribution in [0.25, 0.3) is 44.7 Å². The Kier molecular flexibility index (Phi) is 6.48. The third-order valence-corrected chi connectivity index (χ3v) is 7.39. The van der Waals surface area contributed by atoms with E-state index >= 15 is 0 Å². The fraction of sp³-hybridized carbons (Fsp3) is 0.345. The molecule has 0 bridgehead atoms. The highest BCUT2D eigenvalue weighted by Gasteiger charge is 2.21. The molecule has 0 unspecified atom stereocenters. The van der Waals surface area contributed by atoms with Gasteiger partial charge in [0.05, 0.1) is 29.0 Å². The maximum Gasteiger partial charge on any atom is 0.226 e. The van der Waals surface area contributed by atoms with Crippen molar-refractivity contribution in [3.63, 3.8) is 0 Å². The molecule has 6 rings (SSSR count). The second kappa shape index (κ2) is 10.1. The van der Waals surface area contributed by atoms with Crippen molar-refractivity contribution in [3.05, 3.63) is 48.4 Å². The van der Waals surface area contributed by atoms with Gasteiger partial charge < -0.3 is 20.1 Å². The van der Waals surface area contributed by atoms with Crippen LogP contribution in [0.15, 0.2) is 42.9 Å². The Morgan fingerprint density at radius 1 is 1.05 bits per heavy atom. The minimum atomic E-state index is -0.0963. The van der Waals surface area contributed by atoms with Crippen molar-refractivity contribution >= 4 is 39.3 Å². The van der Waals surface area contributed by atoms with Crippen molar-refractivity contribution in [1.29, 1.82) is 0 Å². The number of aromatic nitrogens is 6. The second-order valence-electron chi connectivity index (χ2n) is 10.5. The van der Waals surface area contributed by atoms with Crippen LogP contribution in [0.2, 0.25) is 0 Å². The van der Waals surface area contributed by atoms with Gasteiger partial charge in [-0.3, -0.25) is 14.9 Å². The summed E-state index contributed by atoms with van der Waals surface area (Å²) < 4.78 is 0. The Bertz CT molecular complexity index is 1660. The molecule has 5 heterocycles.